The second-order valence-corrected chi connectivity index (χ2v) is 4.29. The number of nitrogens with zero attached hydrogens (tertiary/aromatic N) is 1. The van der Waals surface area contributed by atoms with Gasteiger partial charge in [0.1, 0.15) is 6.29 Å². The van der Waals surface area contributed by atoms with Crippen LogP contribution in [0.5, 0.6) is 0 Å². The predicted molar refractivity (Wildman–Crippen MR) is 75.7 cm³/mol. The molecular formula is C16H17NO. The zero-order valence-corrected chi connectivity index (χ0v) is 10.8. The Labute approximate surface area is 108 Å². The van der Waals surface area contributed by atoms with Crippen molar-refractivity contribution in [2.75, 3.05) is 11.9 Å². The van der Waals surface area contributed by atoms with Gasteiger partial charge in [0.05, 0.1) is 0 Å². The minimum absolute atomic E-state index is 0.702. The van der Waals surface area contributed by atoms with Crippen molar-refractivity contribution < 1.29 is 4.79 Å². The number of aryl methyl sites for hydroxylation is 1. The molecule has 2 rings (SSSR count). The van der Waals surface area contributed by atoms with Crippen LogP contribution >= 0.6 is 0 Å². The summed E-state index contributed by atoms with van der Waals surface area (Å²) < 4.78 is 0. The van der Waals surface area contributed by atoms with E-state index in [9.17, 15) is 4.79 Å². The molecule has 0 N–H and O–H groups in total. The lowest BCUT2D eigenvalue weighted by Gasteiger charge is -2.19. The Morgan fingerprint density at radius 3 is 1.89 bits per heavy atom. The molecule has 0 aliphatic heterocycles. The van der Waals surface area contributed by atoms with Crippen LogP contribution in [-0.2, 0) is 6.42 Å². The largest absolute Gasteiger partial charge is 0.345 e. The minimum Gasteiger partial charge on any atom is -0.345 e. The molecule has 0 aromatic heterocycles. The molecule has 18 heavy (non-hydrogen) atoms. The highest BCUT2D eigenvalue weighted by molar-refractivity contribution is 5.76. The van der Waals surface area contributed by atoms with E-state index in [1.54, 1.807) is 0 Å². The fraction of sp³-hybridized carbons (Fsp3) is 0.188. The van der Waals surface area contributed by atoms with Crippen molar-refractivity contribution in [3.63, 3.8) is 0 Å². The third-order valence-corrected chi connectivity index (χ3v) is 3.15. The Kier molecular flexibility index (Phi) is 3.78. The summed E-state index contributed by atoms with van der Waals surface area (Å²) in [7, 11) is 2.02. The third-order valence-electron chi connectivity index (χ3n) is 3.15. The molecule has 0 bridgehead atoms. The molecular weight excluding hydrogens is 222 g/mol. The summed E-state index contributed by atoms with van der Waals surface area (Å²) >= 11 is 0. The molecule has 0 saturated carbocycles. The fourth-order valence-corrected chi connectivity index (χ4v) is 1.88. The summed E-state index contributed by atoms with van der Waals surface area (Å²) in [4.78, 5) is 12.7. The van der Waals surface area contributed by atoms with Crippen LogP contribution in [0.4, 0.5) is 11.4 Å². The molecule has 0 fully saturated rings. The average molecular weight is 239 g/mol. The van der Waals surface area contributed by atoms with E-state index in [0.717, 1.165) is 24.1 Å². The van der Waals surface area contributed by atoms with E-state index >= 15 is 0 Å². The van der Waals surface area contributed by atoms with E-state index in [1.807, 2.05) is 31.3 Å². The van der Waals surface area contributed by atoms with Crippen LogP contribution in [0.1, 0.15) is 22.8 Å². The molecule has 2 heteroatoms. The first-order chi connectivity index (χ1) is 8.74. The summed E-state index contributed by atoms with van der Waals surface area (Å²) in [6.45, 7) is 2.15. The van der Waals surface area contributed by atoms with Crippen LogP contribution in [0.15, 0.2) is 48.5 Å². The van der Waals surface area contributed by atoms with Gasteiger partial charge in [-0.25, -0.2) is 0 Å². The smallest absolute Gasteiger partial charge is 0.150 e. The van der Waals surface area contributed by atoms with E-state index in [2.05, 4.69) is 36.1 Å². The van der Waals surface area contributed by atoms with Gasteiger partial charge in [-0.05, 0) is 48.4 Å². The number of carbonyl (C=O) groups is 1. The zero-order valence-electron chi connectivity index (χ0n) is 10.8. The molecule has 0 aliphatic rings. The fourth-order valence-electron chi connectivity index (χ4n) is 1.88. The van der Waals surface area contributed by atoms with Crippen molar-refractivity contribution in [3.8, 4) is 0 Å². The SMILES string of the molecule is CCc1ccc(N(C)c2ccc(C=O)cc2)cc1. The van der Waals surface area contributed by atoms with E-state index in [1.165, 1.54) is 5.56 Å². The quantitative estimate of drug-likeness (QED) is 0.756. The van der Waals surface area contributed by atoms with Gasteiger partial charge in [0.2, 0.25) is 0 Å². The van der Waals surface area contributed by atoms with Crippen LogP contribution in [0.2, 0.25) is 0 Å². The molecule has 0 aliphatic carbocycles. The maximum Gasteiger partial charge on any atom is 0.150 e. The summed E-state index contributed by atoms with van der Waals surface area (Å²) in [5.41, 5.74) is 4.26. The van der Waals surface area contributed by atoms with Crippen LogP contribution < -0.4 is 4.90 Å². The van der Waals surface area contributed by atoms with E-state index in [-0.39, 0.29) is 0 Å². The van der Waals surface area contributed by atoms with Gasteiger partial charge in [0.25, 0.3) is 0 Å². The minimum atomic E-state index is 0.702. The van der Waals surface area contributed by atoms with Crippen molar-refractivity contribution in [3.05, 3.63) is 59.7 Å². The maximum absolute atomic E-state index is 10.6. The van der Waals surface area contributed by atoms with E-state index < -0.39 is 0 Å². The van der Waals surface area contributed by atoms with Crippen LogP contribution in [0, 0.1) is 0 Å². The number of rotatable bonds is 4. The highest BCUT2D eigenvalue weighted by Gasteiger charge is 2.03. The van der Waals surface area contributed by atoms with Crippen LogP contribution in [-0.4, -0.2) is 13.3 Å². The molecule has 0 atom stereocenters. The Balaban J connectivity index is 2.22. The van der Waals surface area contributed by atoms with Gasteiger partial charge >= 0.3 is 0 Å². The van der Waals surface area contributed by atoms with Crippen molar-refractivity contribution in [2.24, 2.45) is 0 Å². The Morgan fingerprint density at radius 2 is 1.44 bits per heavy atom. The topological polar surface area (TPSA) is 20.3 Å². The molecule has 0 radical (unpaired) electrons. The lowest BCUT2D eigenvalue weighted by atomic mass is 10.1. The number of carbonyl (C=O) groups excluding carboxylic acids is 1. The molecule has 0 spiro atoms. The Bertz CT molecular complexity index is 514. The molecule has 2 aromatic rings. The van der Waals surface area contributed by atoms with E-state index in [0.29, 0.717) is 5.56 Å². The van der Waals surface area contributed by atoms with Crippen molar-refractivity contribution in [1.82, 2.24) is 0 Å². The first kappa shape index (κ1) is 12.4. The molecule has 0 amide bonds. The van der Waals surface area contributed by atoms with Crippen molar-refractivity contribution >= 4 is 17.7 Å². The molecule has 0 unspecified atom stereocenters. The number of anilines is 2. The van der Waals surface area contributed by atoms with Gasteiger partial charge in [0, 0.05) is 24.0 Å². The van der Waals surface area contributed by atoms with Gasteiger partial charge in [-0.3, -0.25) is 4.79 Å². The average Bonchev–Trinajstić information content (AvgIpc) is 2.47. The summed E-state index contributed by atoms with van der Waals surface area (Å²) in [5, 5.41) is 0. The Morgan fingerprint density at radius 1 is 0.944 bits per heavy atom. The van der Waals surface area contributed by atoms with Gasteiger partial charge in [-0.1, -0.05) is 19.1 Å². The van der Waals surface area contributed by atoms with Crippen LogP contribution in [0.3, 0.4) is 0 Å². The lowest BCUT2D eigenvalue weighted by Crippen LogP contribution is -2.09. The first-order valence-electron chi connectivity index (χ1n) is 6.12. The molecule has 92 valence electrons. The summed E-state index contributed by atoms with van der Waals surface area (Å²) in [6, 6.07) is 16.1. The summed E-state index contributed by atoms with van der Waals surface area (Å²) in [6.07, 6.45) is 1.91. The number of hydrogen-bond acceptors (Lipinski definition) is 2. The van der Waals surface area contributed by atoms with Gasteiger partial charge in [-0.15, -0.1) is 0 Å². The second kappa shape index (κ2) is 5.50. The standard InChI is InChI=1S/C16H17NO/c1-3-13-4-8-15(9-5-13)17(2)16-10-6-14(12-18)7-11-16/h4-12H,3H2,1-2H3. The second-order valence-electron chi connectivity index (χ2n) is 4.29. The highest BCUT2D eigenvalue weighted by atomic mass is 16.1. The van der Waals surface area contributed by atoms with E-state index in [4.69, 9.17) is 0 Å². The highest BCUT2D eigenvalue weighted by Crippen LogP contribution is 2.23. The summed E-state index contributed by atoms with van der Waals surface area (Å²) in [5.74, 6) is 0. The third kappa shape index (κ3) is 2.59. The normalized spacial score (nSPS) is 10.1. The number of benzene rings is 2. The van der Waals surface area contributed by atoms with Gasteiger partial charge in [0.15, 0.2) is 0 Å². The molecule has 2 aromatic carbocycles. The maximum atomic E-state index is 10.6. The molecule has 0 heterocycles. The Hall–Kier alpha value is -2.09. The predicted octanol–water partition coefficient (Wildman–Crippen LogP) is 3.83. The molecule has 0 saturated heterocycles. The van der Waals surface area contributed by atoms with Gasteiger partial charge in [-0.2, -0.15) is 0 Å². The van der Waals surface area contributed by atoms with Crippen LogP contribution in [0.25, 0.3) is 0 Å². The van der Waals surface area contributed by atoms with Crippen molar-refractivity contribution in [1.29, 1.82) is 0 Å². The number of aldehydes is 1. The molecule has 2 nitrogen and oxygen atoms in total. The zero-order chi connectivity index (χ0) is 13.0. The number of hydrogen-bond donors (Lipinski definition) is 0. The van der Waals surface area contributed by atoms with Crippen molar-refractivity contribution in [2.45, 2.75) is 13.3 Å². The van der Waals surface area contributed by atoms with Gasteiger partial charge < -0.3 is 4.90 Å². The monoisotopic (exact) mass is 239 g/mol. The lowest BCUT2D eigenvalue weighted by molar-refractivity contribution is 0.112. The first-order valence-corrected chi connectivity index (χ1v) is 6.12.